The van der Waals surface area contributed by atoms with Crippen LogP contribution in [0.4, 0.5) is 23.3 Å². The van der Waals surface area contributed by atoms with E-state index < -0.39 is 0 Å². The van der Waals surface area contributed by atoms with Crippen LogP contribution in [0.3, 0.4) is 0 Å². The molecular weight excluding hydrogens is 508 g/mol. The molecule has 1 atom stereocenters. The molecule has 8 heteroatoms. The molecule has 0 radical (unpaired) electrons. The fraction of sp³-hybridized carbons (Fsp3) is 0.424. The van der Waals surface area contributed by atoms with Crippen molar-refractivity contribution in [2.24, 2.45) is 0 Å². The monoisotopic (exact) mass is 548 g/mol. The number of nitrogens with zero attached hydrogens (tertiary/aromatic N) is 6. The molecule has 4 aromatic rings. The number of piperidine rings is 1. The van der Waals surface area contributed by atoms with Gasteiger partial charge in [-0.05, 0) is 86.5 Å². The highest BCUT2D eigenvalue weighted by Crippen LogP contribution is 2.46. The van der Waals surface area contributed by atoms with Crippen molar-refractivity contribution in [2.45, 2.75) is 64.3 Å². The maximum atomic E-state index is 6.46. The maximum absolute atomic E-state index is 6.46. The zero-order valence-corrected chi connectivity index (χ0v) is 24.2. The van der Waals surface area contributed by atoms with E-state index in [1.165, 1.54) is 40.8 Å². The number of hydrogen-bond donors (Lipinski definition) is 2. The van der Waals surface area contributed by atoms with Crippen LogP contribution in [0, 0.1) is 0 Å². The molecule has 1 aliphatic carbocycles. The first kappa shape index (κ1) is 26.0. The lowest BCUT2D eigenvalue weighted by Crippen LogP contribution is -2.40. The molecule has 2 bridgehead atoms. The van der Waals surface area contributed by atoms with Gasteiger partial charge in [-0.1, -0.05) is 50.2 Å². The van der Waals surface area contributed by atoms with E-state index in [1.807, 2.05) is 0 Å². The van der Waals surface area contributed by atoms with Crippen LogP contribution < -0.4 is 16.0 Å². The number of nitrogens with two attached hydrogens (primary N) is 1. The quantitative estimate of drug-likeness (QED) is 0.276. The summed E-state index contributed by atoms with van der Waals surface area (Å²) in [6.45, 7) is 8.96. The Morgan fingerprint density at radius 3 is 2.41 bits per heavy atom. The van der Waals surface area contributed by atoms with E-state index in [9.17, 15) is 0 Å². The number of hydrogen-bond acceptors (Lipinski definition) is 7. The van der Waals surface area contributed by atoms with Gasteiger partial charge < -0.3 is 20.9 Å². The molecule has 0 spiro atoms. The molecule has 1 fully saturated rings. The number of aryl methyl sites for hydroxylation is 2. The summed E-state index contributed by atoms with van der Waals surface area (Å²) >= 11 is 0. The molecule has 8 nitrogen and oxygen atoms in total. The van der Waals surface area contributed by atoms with Gasteiger partial charge in [-0.3, -0.25) is 0 Å². The number of rotatable bonds is 7. The summed E-state index contributed by atoms with van der Waals surface area (Å²) in [5.41, 5.74) is 15.1. The zero-order chi connectivity index (χ0) is 27.9. The number of pyridine rings is 1. The van der Waals surface area contributed by atoms with Gasteiger partial charge in [0.2, 0.25) is 11.9 Å². The Hall–Kier alpha value is -3.91. The number of benzene rings is 2. The Labute approximate surface area is 242 Å². The summed E-state index contributed by atoms with van der Waals surface area (Å²) in [5, 5.41) is 8.22. The highest BCUT2D eigenvalue weighted by atomic mass is 15.4. The Bertz CT molecular complexity index is 1530. The Morgan fingerprint density at radius 2 is 1.66 bits per heavy atom. The van der Waals surface area contributed by atoms with Gasteiger partial charge in [0.05, 0.1) is 11.4 Å². The van der Waals surface area contributed by atoms with E-state index in [1.54, 1.807) is 4.68 Å². The highest BCUT2D eigenvalue weighted by molar-refractivity contribution is 5.83. The lowest BCUT2D eigenvalue weighted by Gasteiger charge is -2.42. The van der Waals surface area contributed by atoms with Gasteiger partial charge in [-0.25, -0.2) is 4.98 Å². The van der Waals surface area contributed by atoms with Crippen molar-refractivity contribution in [3.05, 3.63) is 71.4 Å². The summed E-state index contributed by atoms with van der Waals surface area (Å²) in [6, 6.07) is 20.0. The average Bonchev–Trinajstić information content (AvgIpc) is 3.25. The van der Waals surface area contributed by atoms with Crippen LogP contribution in [-0.2, 0) is 12.8 Å². The number of anilines is 4. The van der Waals surface area contributed by atoms with E-state index in [0.717, 1.165) is 69.1 Å². The molecule has 8 rings (SSSR count). The summed E-state index contributed by atoms with van der Waals surface area (Å²) in [5.74, 6) is 2.01. The molecule has 2 aromatic carbocycles. The average molecular weight is 549 g/mol. The fourth-order valence-electron chi connectivity index (χ4n) is 7.23. The van der Waals surface area contributed by atoms with Crippen molar-refractivity contribution in [3.63, 3.8) is 0 Å². The van der Waals surface area contributed by atoms with Gasteiger partial charge in [0.1, 0.15) is 0 Å². The summed E-state index contributed by atoms with van der Waals surface area (Å²) < 4.78 is 1.69. The topological polar surface area (TPSA) is 88.1 Å². The molecule has 2 aromatic heterocycles. The second kappa shape index (κ2) is 10.8. The first-order chi connectivity index (χ1) is 20.1. The van der Waals surface area contributed by atoms with Crippen molar-refractivity contribution in [2.75, 3.05) is 42.1 Å². The maximum Gasteiger partial charge on any atom is 0.248 e. The van der Waals surface area contributed by atoms with Crippen LogP contribution in [0.1, 0.15) is 62.3 Å². The molecule has 0 amide bonds. The van der Waals surface area contributed by atoms with E-state index >= 15 is 0 Å². The van der Waals surface area contributed by atoms with Crippen LogP contribution in [-0.4, -0.2) is 56.9 Å². The number of nitrogen functional groups attached to an aromatic ring is 1. The van der Waals surface area contributed by atoms with E-state index in [4.69, 9.17) is 15.8 Å². The Balaban J connectivity index is 1.18. The number of nitrogens with one attached hydrogen (secondary N) is 1. The third kappa shape index (κ3) is 4.84. The molecule has 4 aliphatic rings. The minimum atomic E-state index is 0.331. The van der Waals surface area contributed by atoms with Crippen molar-refractivity contribution < 1.29 is 0 Å². The van der Waals surface area contributed by atoms with Gasteiger partial charge >= 0.3 is 0 Å². The summed E-state index contributed by atoms with van der Waals surface area (Å²) in [6.07, 6.45) is 6.93. The molecule has 41 heavy (non-hydrogen) atoms. The predicted molar refractivity (Wildman–Crippen MR) is 166 cm³/mol. The van der Waals surface area contributed by atoms with Gasteiger partial charge in [-0.2, -0.15) is 9.67 Å². The highest BCUT2D eigenvalue weighted by Gasteiger charge is 2.35. The minimum Gasteiger partial charge on any atom is -0.370 e. The van der Waals surface area contributed by atoms with Gasteiger partial charge in [0.25, 0.3) is 0 Å². The van der Waals surface area contributed by atoms with Crippen molar-refractivity contribution in [3.8, 4) is 16.9 Å². The van der Waals surface area contributed by atoms with Crippen molar-refractivity contribution in [1.82, 2.24) is 24.6 Å². The van der Waals surface area contributed by atoms with Crippen LogP contribution >= 0.6 is 0 Å². The Morgan fingerprint density at radius 1 is 0.902 bits per heavy atom. The second-order valence-corrected chi connectivity index (χ2v) is 11.7. The summed E-state index contributed by atoms with van der Waals surface area (Å²) in [7, 11) is 0. The predicted octanol–water partition coefficient (Wildman–Crippen LogP) is 5.94. The number of fused-ring (bicyclic) bond motifs is 3. The Kier molecular flexibility index (Phi) is 6.87. The molecule has 0 saturated carbocycles. The van der Waals surface area contributed by atoms with Crippen LogP contribution in [0.5, 0.6) is 0 Å². The van der Waals surface area contributed by atoms with E-state index in [-0.39, 0.29) is 0 Å². The molecule has 3 aliphatic heterocycles. The standard InChI is InChI=1S/C33H40N8/c1-3-39(4-2)27-14-11-22-10-13-26(20-25(22)12-15-27)35-33-37-32(34)41(38-33)29-21-28(23-8-6-5-7-9-23)31-30(36-29)24-16-18-40(31)19-17-24/h5-10,13,20-21,24,27H,3-4,11-12,14-19H2,1-2H3,(H3,34,35,37,38)/t27-/m0/s1. The molecule has 5 heterocycles. The van der Waals surface area contributed by atoms with Crippen LogP contribution in [0.2, 0.25) is 0 Å². The van der Waals surface area contributed by atoms with Gasteiger partial charge in [-0.15, -0.1) is 5.10 Å². The van der Waals surface area contributed by atoms with E-state index in [2.05, 4.69) is 88.5 Å². The molecule has 3 N–H and O–H groups in total. The zero-order valence-electron chi connectivity index (χ0n) is 24.2. The molecular formula is C33H40N8. The van der Waals surface area contributed by atoms with Gasteiger partial charge in [0, 0.05) is 36.3 Å². The second-order valence-electron chi connectivity index (χ2n) is 11.7. The largest absolute Gasteiger partial charge is 0.370 e. The third-order valence-corrected chi connectivity index (χ3v) is 9.42. The van der Waals surface area contributed by atoms with Crippen LogP contribution in [0.15, 0.2) is 54.6 Å². The smallest absolute Gasteiger partial charge is 0.248 e. The molecule has 1 saturated heterocycles. The fourth-order valence-corrected chi connectivity index (χ4v) is 7.23. The number of aromatic nitrogens is 4. The van der Waals surface area contributed by atoms with Gasteiger partial charge in [0.15, 0.2) is 5.82 Å². The molecule has 212 valence electrons. The molecule has 0 unspecified atom stereocenters. The minimum absolute atomic E-state index is 0.331. The van der Waals surface area contributed by atoms with Crippen molar-refractivity contribution >= 4 is 23.3 Å². The normalized spacial score (nSPS) is 18.3. The third-order valence-electron chi connectivity index (χ3n) is 9.42. The lowest BCUT2D eigenvalue weighted by molar-refractivity contribution is 0.199. The first-order valence-electron chi connectivity index (χ1n) is 15.3. The van der Waals surface area contributed by atoms with Crippen molar-refractivity contribution in [1.29, 1.82) is 0 Å². The lowest BCUT2D eigenvalue weighted by atomic mass is 9.84. The first-order valence-corrected chi connectivity index (χ1v) is 15.3. The summed E-state index contributed by atoms with van der Waals surface area (Å²) in [4.78, 5) is 14.8. The SMILES string of the molecule is CCN(CC)[C@H]1CCc2ccc(Nc3nc(N)n(-c4cc(-c5ccccc5)c5c(n4)C4CCN5CC4)n3)cc2CC1. The van der Waals surface area contributed by atoms with E-state index in [0.29, 0.717) is 23.9 Å². The van der Waals surface area contributed by atoms with Crippen LogP contribution in [0.25, 0.3) is 16.9 Å².